The van der Waals surface area contributed by atoms with E-state index in [2.05, 4.69) is 43.4 Å². The first-order chi connectivity index (χ1) is 12.7. The number of ether oxygens (including phenoxy) is 1. The van der Waals surface area contributed by atoms with Crippen molar-refractivity contribution >= 4 is 5.91 Å². The van der Waals surface area contributed by atoms with E-state index in [0.717, 1.165) is 70.5 Å². The number of hydrogen-bond donors (Lipinski definition) is 1. The molecule has 2 aliphatic rings. The molecular weight excluding hydrogens is 324 g/mol. The van der Waals surface area contributed by atoms with Crippen LogP contribution in [0.15, 0.2) is 24.3 Å². The molecule has 0 saturated carbocycles. The number of amides is 1. The molecule has 4 heteroatoms. The van der Waals surface area contributed by atoms with Crippen molar-refractivity contribution in [1.82, 2.24) is 10.2 Å². The Morgan fingerprint density at radius 2 is 1.92 bits per heavy atom. The van der Waals surface area contributed by atoms with Crippen molar-refractivity contribution < 1.29 is 9.53 Å². The van der Waals surface area contributed by atoms with Crippen molar-refractivity contribution in [2.24, 2.45) is 0 Å². The number of carbonyl (C=O) groups excluding carboxylic acids is 1. The smallest absolute Gasteiger partial charge is 0.222 e. The van der Waals surface area contributed by atoms with Crippen LogP contribution in [0, 0.1) is 0 Å². The Labute approximate surface area is 158 Å². The average molecular weight is 359 g/mol. The van der Waals surface area contributed by atoms with Gasteiger partial charge in [0, 0.05) is 19.5 Å². The molecule has 1 atom stereocenters. The van der Waals surface area contributed by atoms with E-state index in [4.69, 9.17) is 4.74 Å². The molecule has 1 fully saturated rings. The first-order valence-corrected chi connectivity index (χ1v) is 10.4. The Balaban J connectivity index is 1.58. The normalized spacial score (nSPS) is 21.1. The highest BCUT2D eigenvalue weighted by Gasteiger charge is 2.41. The third kappa shape index (κ3) is 4.40. The first-order valence-electron chi connectivity index (χ1n) is 10.4. The van der Waals surface area contributed by atoms with E-state index in [1.54, 1.807) is 0 Å². The Hall–Kier alpha value is -1.55. The summed E-state index contributed by atoms with van der Waals surface area (Å²) >= 11 is 0. The fourth-order valence-corrected chi connectivity index (χ4v) is 4.59. The molecule has 2 heterocycles. The van der Waals surface area contributed by atoms with E-state index < -0.39 is 0 Å². The molecule has 0 aliphatic carbocycles. The lowest BCUT2D eigenvalue weighted by Gasteiger charge is -2.45. The number of hydrogen-bond acceptors (Lipinski definition) is 3. The van der Waals surface area contributed by atoms with Gasteiger partial charge in [0.2, 0.25) is 5.91 Å². The summed E-state index contributed by atoms with van der Waals surface area (Å²) < 4.78 is 6.49. The van der Waals surface area contributed by atoms with E-state index in [-0.39, 0.29) is 5.60 Å². The molecule has 1 aromatic carbocycles. The number of unbranched alkanes of at least 4 members (excludes halogenated alkanes) is 1. The number of nitrogens with zero attached hydrogens (tertiary/aromatic N) is 1. The molecule has 1 spiro atoms. The van der Waals surface area contributed by atoms with Crippen molar-refractivity contribution in [1.29, 1.82) is 0 Å². The SMILES string of the molecule is CCN(CC)C(=O)CCCCC1CC2(CCNCC2)Oc2ccccc21. The number of para-hydroxylation sites is 1. The van der Waals surface area contributed by atoms with E-state index in [0.29, 0.717) is 18.2 Å². The molecule has 1 saturated heterocycles. The lowest BCUT2D eigenvalue weighted by atomic mass is 9.76. The number of nitrogens with one attached hydrogen (secondary N) is 1. The molecule has 1 amide bonds. The average Bonchev–Trinajstić information content (AvgIpc) is 2.66. The molecule has 26 heavy (non-hydrogen) atoms. The molecule has 3 rings (SSSR count). The third-order valence-electron chi connectivity index (χ3n) is 6.13. The topological polar surface area (TPSA) is 41.6 Å². The fraction of sp³-hybridized carbons (Fsp3) is 0.682. The summed E-state index contributed by atoms with van der Waals surface area (Å²) in [5, 5.41) is 3.46. The molecule has 4 nitrogen and oxygen atoms in total. The van der Waals surface area contributed by atoms with Crippen LogP contribution < -0.4 is 10.1 Å². The second-order valence-corrected chi connectivity index (χ2v) is 7.79. The zero-order valence-corrected chi connectivity index (χ0v) is 16.4. The van der Waals surface area contributed by atoms with Gasteiger partial charge >= 0.3 is 0 Å². The minimum absolute atomic E-state index is 0.0152. The fourth-order valence-electron chi connectivity index (χ4n) is 4.59. The Kier molecular flexibility index (Phi) is 6.58. The van der Waals surface area contributed by atoms with Gasteiger partial charge in [0.1, 0.15) is 11.4 Å². The van der Waals surface area contributed by atoms with Crippen LogP contribution in [0.3, 0.4) is 0 Å². The van der Waals surface area contributed by atoms with Crippen LogP contribution in [-0.2, 0) is 4.79 Å². The summed E-state index contributed by atoms with van der Waals surface area (Å²) in [5.41, 5.74) is 1.38. The highest BCUT2D eigenvalue weighted by atomic mass is 16.5. The Bertz CT molecular complexity index is 592. The van der Waals surface area contributed by atoms with Gasteiger partial charge in [-0.2, -0.15) is 0 Å². The van der Waals surface area contributed by atoms with E-state index in [1.807, 2.05) is 4.90 Å². The summed E-state index contributed by atoms with van der Waals surface area (Å²) in [4.78, 5) is 14.1. The zero-order valence-electron chi connectivity index (χ0n) is 16.4. The highest BCUT2D eigenvalue weighted by molar-refractivity contribution is 5.76. The number of piperidine rings is 1. The molecule has 2 aliphatic heterocycles. The van der Waals surface area contributed by atoms with Crippen LogP contribution in [0.5, 0.6) is 5.75 Å². The second-order valence-electron chi connectivity index (χ2n) is 7.79. The van der Waals surface area contributed by atoms with Gasteiger partial charge in [-0.3, -0.25) is 4.79 Å². The standard InChI is InChI=1S/C22H34N2O2/c1-3-24(4-2)21(25)12-8-5-9-18-17-22(13-15-23-16-14-22)26-20-11-7-6-10-19(18)20/h6-7,10-11,18,23H,3-5,8-9,12-17H2,1-2H3. The van der Waals surface area contributed by atoms with Crippen LogP contribution in [-0.4, -0.2) is 42.6 Å². The van der Waals surface area contributed by atoms with Gasteiger partial charge in [-0.25, -0.2) is 0 Å². The highest BCUT2D eigenvalue weighted by Crippen LogP contribution is 2.46. The maximum atomic E-state index is 12.2. The number of carbonyl (C=O) groups is 1. The summed E-state index contributed by atoms with van der Waals surface area (Å²) in [6.07, 6.45) is 7.25. The van der Waals surface area contributed by atoms with Gasteiger partial charge in [-0.15, -0.1) is 0 Å². The van der Waals surface area contributed by atoms with Gasteiger partial charge in [0.05, 0.1) is 0 Å². The van der Waals surface area contributed by atoms with Crippen LogP contribution in [0.25, 0.3) is 0 Å². The summed E-state index contributed by atoms with van der Waals surface area (Å²) in [7, 11) is 0. The molecule has 144 valence electrons. The van der Waals surface area contributed by atoms with E-state index in [9.17, 15) is 4.79 Å². The van der Waals surface area contributed by atoms with Gasteiger partial charge in [-0.1, -0.05) is 24.6 Å². The van der Waals surface area contributed by atoms with Gasteiger partial charge in [-0.05, 0) is 76.6 Å². The summed E-state index contributed by atoms with van der Waals surface area (Å²) in [6.45, 7) is 7.84. The zero-order chi connectivity index (χ0) is 18.4. The van der Waals surface area contributed by atoms with Crippen molar-refractivity contribution in [2.75, 3.05) is 26.2 Å². The van der Waals surface area contributed by atoms with Crippen LogP contribution in [0.1, 0.15) is 70.3 Å². The number of fused-ring (bicyclic) bond motifs is 1. The summed E-state index contributed by atoms with van der Waals surface area (Å²) in [5.74, 6) is 1.95. The van der Waals surface area contributed by atoms with Crippen molar-refractivity contribution in [3.8, 4) is 5.75 Å². The van der Waals surface area contributed by atoms with Crippen molar-refractivity contribution in [3.05, 3.63) is 29.8 Å². The summed E-state index contributed by atoms with van der Waals surface area (Å²) in [6, 6.07) is 8.57. The Morgan fingerprint density at radius 1 is 1.19 bits per heavy atom. The number of rotatable bonds is 7. The molecule has 1 unspecified atom stereocenters. The molecule has 0 radical (unpaired) electrons. The van der Waals surface area contributed by atoms with Gasteiger partial charge in [0.15, 0.2) is 0 Å². The predicted octanol–water partition coefficient (Wildman–Crippen LogP) is 4.10. The lowest BCUT2D eigenvalue weighted by Crippen LogP contribution is -2.49. The second kappa shape index (κ2) is 8.90. The van der Waals surface area contributed by atoms with E-state index in [1.165, 1.54) is 5.56 Å². The van der Waals surface area contributed by atoms with Crippen LogP contribution in [0.2, 0.25) is 0 Å². The quantitative estimate of drug-likeness (QED) is 0.746. The number of benzene rings is 1. The predicted molar refractivity (Wildman–Crippen MR) is 106 cm³/mol. The molecule has 0 bridgehead atoms. The van der Waals surface area contributed by atoms with Crippen LogP contribution >= 0.6 is 0 Å². The first kappa shape index (κ1) is 19.2. The molecule has 1 N–H and O–H groups in total. The molecule has 0 aromatic heterocycles. The largest absolute Gasteiger partial charge is 0.487 e. The van der Waals surface area contributed by atoms with Crippen molar-refractivity contribution in [2.45, 2.75) is 70.3 Å². The lowest BCUT2D eigenvalue weighted by molar-refractivity contribution is -0.130. The maximum absolute atomic E-state index is 12.2. The van der Waals surface area contributed by atoms with Gasteiger partial charge in [0.25, 0.3) is 0 Å². The minimum Gasteiger partial charge on any atom is -0.487 e. The molecule has 1 aromatic rings. The minimum atomic E-state index is 0.0152. The van der Waals surface area contributed by atoms with Crippen LogP contribution in [0.4, 0.5) is 0 Å². The third-order valence-corrected chi connectivity index (χ3v) is 6.13. The van der Waals surface area contributed by atoms with E-state index >= 15 is 0 Å². The monoisotopic (exact) mass is 358 g/mol. The molecular formula is C22H34N2O2. The maximum Gasteiger partial charge on any atom is 0.222 e. The van der Waals surface area contributed by atoms with Gasteiger partial charge < -0.3 is 15.0 Å². The Morgan fingerprint density at radius 3 is 2.65 bits per heavy atom. The van der Waals surface area contributed by atoms with Crippen molar-refractivity contribution in [3.63, 3.8) is 0 Å².